The summed E-state index contributed by atoms with van der Waals surface area (Å²) in [5.41, 5.74) is 0. The first-order chi connectivity index (χ1) is 2.91. The van der Waals surface area contributed by atoms with Gasteiger partial charge in [-0.05, 0) is 0 Å². The van der Waals surface area contributed by atoms with Crippen LogP contribution < -0.4 is 0 Å². The summed E-state index contributed by atoms with van der Waals surface area (Å²) in [7, 11) is 0. The minimum absolute atomic E-state index is 0. The summed E-state index contributed by atoms with van der Waals surface area (Å²) in [6.07, 6.45) is 2.25. The first kappa shape index (κ1) is 15.9. The van der Waals surface area contributed by atoms with Crippen LogP contribution in [0.25, 0.3) is 0 Å². The predicted octanol–water partition coefficient (Wildman–Crippen LogP) is -0.707. The molecule has 0 unspecified atom stereocenters. The number of nitriles is 2. The Morgan fingerprint density at radius 1 is 0.875 bits per heavy atom. The van der Waals surface area contributed by atoms with Crippen LogP contribution in [0.5, 0.6) is 0 Å². The average Bonchev–Trinajstić information content (AvgIpc) is 1.61. The van der Waals surface area contributed by atoms with Crippen LogP contribution >= 0.6 is 0 Å². The van der Waals surface area contributed by atoms with E-state index >= 15 is 0 Å². The fourth-order valence-corrected chi connectivity index (χ4v) is 0.0745. The molecule has 0 fully saturated rings. The second-order valence-electron chi connectivity index (χ2n) is 0.592. The monoisotopic (exact) mass is 126 g/mol. The quantitative estimate of drug-likeness (QED) is 0.318. The first-order valence-corrected chi connectivity index (χ1v) is 1.36. The standard InChI is InChI=1S/C4H2N2.2Na.2H/c5-3-1-2-4-6;;;;/h1-2H;;;;. The fourth-order valence-electron chi connectivity index (χ4n) is 0.0745. The van der Waals surface area contributed by atoms with Gasteiger partial charge in [0.2, 0.25) is 0 Å². The van der Waals surface area contributed by atoms with Crippen molar-refractivity contribution in [2.24, 2.45) is 0 Å². The topological polar surface area (TPSA) is 47.6 Å². The van der Waals surface area contributed by atoms with Gasteiger partial charge in [-0.1, -0.05) is 0 Å². The van der Waals surface area contributed by atoms with Crippen molar-refractivity contribution in [3.63, 3.8) is 0 Å². The van der Waals surface area contributed by atoms with E-state index in [2.05, 4.69) is 0 Å². The molecular weight excluding hydrogens is 122 g/mol. The summed E-state index contributed by atoms with van der Waals surface area (Å²) in [5.74, 6) is 0. The van der Waals surface area contributed by atoms with Gasteiger partial charge in [-0.15, -0.1) is 0 Å². The van der Waals surface area contributed by atoms with Crippen molar-refractivity contribution in [3.05, 3.63) is 12.2 Å². The van der Waals surface area contributed by atoms with Crippen LogP contribution in [0.15, 0.2) is 12.2 Å². The average molecular weight is 126 g/mol. The van der Waals surface area contributed by atoms with Gasteiger partial charge in [0, 0.05) is 12.2 Å². The summed E-state index contributed by atoms with van der Waals surface area (Å²) < 4.78 is 0. The van der Waals surface area contributed by atoms with Crippen molar-refractivity contribution < 1.29 is 0 Å². The molecule has 0 aromatic heterocycles. The molecule has 8 heavy (non-hydrogen) atoms. The van der Waals surface area contributed by atoms with E-state index in [0.717, 1.165) is 12.2 Å². The minimum atomic E-state index is 0. The molecule has 0 N–H and O–H groups in total. The molecule has 2 nitrogen and oxygen atoms in total. The molecule has 0 atom stereocenters. The van der Waals surface area contributed by atoms with Gasteiger partial charge < -0.3 is 0 Å². The summed E-state index contributed by atoms with van der Waals surface area (Å²) in [6, 6.07) is 3.33. The van der Waals surface area contributed by atoms with E-state index in [9.17, 15) is 0 Å². The maximum atomic E-state index is 7.71. The van der Waals surface area contributed by atoms with Gasteiger partial charge in [-0.3, -0.25) is 0 Å². The van der Waals surface area contributed by atoms with Crippen LogP contribution in [0.4, 0.5) is 0 Å². The van der Waals surface area contributed by atoms with Crippen LogP contribution in [-0.4, -0.2) is 59.1 Å². The third-order valence-corrected chi connectivity index (χ3v) is 0.232. The van der Waals surface area contributed by atoms with Crippen LogP contribution in [0.3, 0.4) is 0 Å². The van der Waals surface area contributed by atoms with Gasteiger partial charge in [-0.2, -0.15) is 10.5 Å². The normalized spacial score (nSPS) is 5.25. The Labute approximate surface area is 92.8 Å². The summed E-state index contributed by atoms with van der Waals surface area (Å²) in [5, 5.41) is 15.4. The van der Waals surface area contributed by atoms with E-state index in [1.54, 1.807) is 12.1 Å². The van der Waals surface area contributed by atoms with Crippen molar-refractivity contribution in [1.29, 1.82) is 10.5 Å². The molecule has 0 aliphatic rings. The zero-order valence-corrected chi connectivity index (χ0v) is 3.05. The molecule has 0 radical (unpaired) electrons. The molecule has 0 aromatic carbocycles. The van der Waals surface area contributed by atoms with E-state index in [-0.39, 0.29) is 59.1 Å². The van der Waals surface area contributed by atoms with Gasteiger partial charge in [0.15, 0.2) is 0 Å². The van der Waals surface area contributed by atoms with Crippen molar-refractivity contribution in [3.8, 4) is 12.1 Å². The van der Waals surface area contributed by atoms with Gasteiger partial charge in [0.1, 0.15) is 0 Å². The molecular formula is C4H4N2Na2. The molecule has 0 saturated heterocycles. The molecule has 0 amide bonds. The molecule has 0 aliphatic heterocycles. The third-order valence-electron chi connectivity index (χ3n) is 0.232. The molecule has 0 saturated carbocycles. The Balaban J connectivity index is -0.000000125. The molecule has 0 aliphatic carbocycles. The van der Waals surface area contributed by atoms with E-state index in [1.807, 2.05) is 0 Å². The number of hydrogen-bond acceptors (Lipinski definition) is 2. The SMILES string of the molecule is N#CC=CC#N.[NaH].[NaH]. The van der Waals surface area contributed by atoms with Gasteiger partial charge in [0.05, 0.1) is 12.1 Å². The van der Waals surface area contributed by atoms with Crippen molar-refractivity contribution in [1.82, 2.24) is 0 Å². The Bertz CT molecular complexity index is 112. The zero-order valence-electron chi connectivity index (χ0n) is 3.05. The molecule has 0 bridgehead atoms. The van der Waals surface area contributed by atoms with Crippen molar-refractivity contribution >= 4 is 59.1 Å². The van der Waals surface area contributed by atoms with Crippen molar-refractivity contribution in [2.45, 2.75) is 0 Å². The molecule has 0 heterocycles. The van der Waals surface area contributed by atoms with Crippen molar-refractivity contribution in [2.75, 3.05) is 0 Å². The second kappa shape index (κ2) is 15.6. The molecule has 0 aromatic rings. The number of nitrogens with zero attached hydrogens (tertiary/aromatic N) is 2. The second-order valence-corrected chi connectivity index (χ2v) is 0.592. The van der Waals surface area contributed by atoms with Crippen LogP contribution in [0.2, 0.25) is 0 Å². The zero-order chi connectivity index (χ0) is 4.83. The number of hydrogen-bond donors (Lipinski definition) is 0. The van der Waals surface area contributed by atoms with Crippen LogP contribution in [0.1, 0.15) is 0 Å². The molecule has 0 rings (SSSR count). The van der Waals surface area contributed by atoms with Crippen LogP contribution in [0, 0.1) is 22.7 Å². The van der Waals surface area contributed by atoms with E-state index in [0.29, 0.717) is 0 Å². The molecule has 32 valence electrons. The van der Waals surface area contributed by atoms with Gasteiger partial charge in [-0.25, -0.2) is 0 Å². The Hall–Kier alpha value is 0.720. The van der Waals surface area contributed by atoms with E-state index in [4.69, 9.17) is 10.5 Å². The van der Waals surface area contributed by atoms with E-state index < -0.39 is 0 Å². The summed E-state index contributed by atoms with van der Waals surface area (Å²) >= 11 is 0. The molecule has 0 spiro atoms. The number of rotatable bonds is 0. The van der Waals surface area contributed by atoms with Gasteiger partial charge in [0.25, 0.3) is 0 Å². The summed E-state index contributed by atoms with van der Waals surface area (Å²) in [4.78, 5) is 0. The van der Waals surface area contributed by atoms with Gasteiger partial charge >= 0.3 is 59.1 Å². The predicted molar refractivity (Wildman–Crippen MR) is 34.7 cm³/mol. The number of allylic oxidation sites excluding steroid dienone is 2. The fraction of sp³-hybridized carbons (Fsp3) is 0. The first-order valence-electron chi connectivity index (χ1n) is 1.36. The Kier molecular flexibility index (Phi) is 31.1. The Morgan fingerprint density at radius 2 is 1.12 bits per heavy atom. The van der Waals surface area contributed by atoms with Crippen LogP contribution in [-0.2, 0) is 0 Å². The molecule has 4 heteroatoms. The Morgan fingerprint density at radius 3 is 1.25 bits per heavy atom. The summed E-state index contributed by atoms with van der Waals surface area (Å²) in [6.45, 7) is 0. The third kappa shape index (κ3) is 15.9. The maximum absolute atomic E-state index is 7.71. The van der Waals surface area contributed by atoms with E-state index in [1.165, 1.54) is 0 Å².